The highest BCUT2D eigenvalue weighted by Crippen LogP contribution is 2.44. The maximum absolute atomic E-state index is 15.5. The smallest absolute Gasteiger partial charge is 0.341 e. The molecule has 3 aliphatic rings. The van der Waals surface area contributed by atoms with Gasteiger partial charge in [0.15, 0.2) is 0 Å². The summed E-state index contributed by atoms with van der Waals surface area (Å²) in [6.07, 6.45) is 8.08. The SMILES string of the molecule is COC(=O)/C=C/N1CCC[C@H]2CN(c3c(F)cc4c(=O)c(C(=O)O)cn(C5CC5)c4c3Cl)C[C@H]21. The van der Waals surface area contributed by atoms with Gasteiger partial charge in [0, 0.05) is 44.1 Å². The van der Waals surface area contributed by atoms with Crippen molar-refractivity contribution in [3.8, 4) is 0 Å². The Morgan fingerprint density at radius 1 is 1.26 bits per heavy atom. The minimum atomic E-state index is -1.34. The standard InChI is InChI=1S/C24H25ClFN3O5/c1-34-19(30)6-8-27-7-2-3-13-10-28(12-18(13)27)22-17(26)9-15-21(20(22)25)29(14-4-5-14)11-16(23(15)31)24(32)33/h6,8-9,11,13-14,18H,2-5,7,10,12H2,1H3,(H,32,33)/b8-6+/t13-,18+/m0/s1. The van der Waals surface area contributed by atoms with E-state index >= 15 is 4.39 Å². The molecule has 2 atom stereocenters. The summed E-state index contributed by atoms with van der Waals surface area (Å²) in [6.45, 7) is 1.89. The Labute approximate surface area is 200 Å². The number of carboxylic acids is 1. The van der Waals surface area contributed by atoms with Crippen LogP contribution >= 0.6 is 11.6 Å². The minimum Gasteiger partial charge on any atom is -0.477 e. The van der Waals surface area contributed by atoms with Crippen LogP contribution in [-0.4, -0.2) is 59.3 Å². The largest absolute Gasteiger partial charge is 0.477 e. The second kappa shape index (κ2) is 8.61. The lowest BCUT2D eigenvalue weighted by molar-refractivity contribution is -0.134. The first-order valence-electron chi connectivity index (χ1n) is 11.4. The number of ether oxygens (including phenoxy) is 1. The van der Waals surface area contributed by atoms with Gasteiger partial charge in [-0.1, -0.05) is 11.6 Å². The zero-order valence-electron chi connectivity index (χ0n) is 18.7. The third kappa shape index (κ3) is 3.81. The van der Waals surface area contributed by atoms with Crippen LogP contribution in [0.15, 0.2) is 29.3 Å². The Morgan fingerprint density at radius 2 is 2.03 bits per heavy atom. The number of carbonyl (C=O) groups excluding carboxylic acids is 1. The van der Waals surface area contributed by atoms with Gasteiger partial charge in [-0.3, -0.25) is 4.79 Å². The van der Waals surface area contributed by atoms with Crippen LogP contribution in [0.2, 0.25) is 5.02 Å². The first-order valence-corrected chi connectivity index (χ1v) is 11.7. The van der Waals surface area contributed by atoms with Crippen LogP contribution in [0.1, 0.15) is 42.1 Å². The van der Waals surface area contributed by atoms with Gasteiger partial charge in [-0.05, 0) is 37.7 Å². The highest BCUT2D eigenvalue weighted by atomic mass is 35.5. The summed E-state index contributed by atoms with van der Waals surface area (Å²) in [5.41, 5.74) is -0.506. The number of piperidine rings is 1. The Balaban J connectivity index is 1.56. The molecule has 1 aromatic heterocycles. The lowest BCUT2D eigenvalue weighted by atomic mass is 9.92. The number of hydrogen-bond acceptors (Lipinski definition) is 6. The monoisotopic (exact) mass is 489 g/mol. The Hall–Kier alpha value is -3.07. The summed E-state index contributed by atoms with van der Waals surface area (Å²) >= 11 is 6.79. The molecule has 180 valence electrons. The van der Waals surface area contributed by atoms with Crippen molar-refractivity contribution in [3.63, 3.8) is 0 Å². The Kier molecular flexibility index (Phi) is 5.75. The van der Waals surface area contributed by atoms with Crippen LogP contribution in [0.25, 0.3) is 10.9 Å². The van der Waals surface area contributed by atoms with Gasteiger partial charge in [0.25, 0.3) is 0 Å². The van der Waals surface area contributed by atoms with Gasteiger partial charge in [0.1, 0.15) is 11.4 Å². The number of benzene rings is 1. The predicted molar refractivity (Wildman–Crippen MR) is 125 cm³/mol. The van der Waals surface area contributed by atoms with Crippen molar-refractivity contribution >= 4 is 40.1 Å². The van der Waals surface area contributed by atoms with Crippen LogP contribution < -0.4 is 10.3 Å². The minimum absolute atomic E-state index is 0.0164. The molecular formula is C24H25ClFN3O5. The average molecular weight is 490 g/mol. The third-order valence-electron chi connectivity index (χ3n) is 7.10. The van der Waals surface area contributed by atoms with Gasteiger partial charge in [-0.25, -0.2) is 14.0 Å². The van der Waals surface area contributed by atoms with Gasteiger partial charge in [0.05, 0.1) is 34.8 Å². The Bertz CT molecular complexity index is 1270. The number of aromatic nitrogens is 1. The number of methoxy groups -OCH3 is 1. The lowest BCUT2D eigenvalue weighted by Gasteiger charge is -2.35. The maximum atomic E-state index is 15.5. The van der Waals surface area contributed by atoms with Gasteiger partial charge in [-0.15, -0.1) is 0 Å². The molecule has 3 heterocycles. The Morgan fingerprint density at radius 3 is 2.71 bits per heavy atom. The third-order valence-corrected chi connectivity index (χ3v) is 7.46. The normalized spacial score (nSPS) is 22.4. The van der Waals surface area contributed by atoms with E-state index in [0.717, 1.165) is 38.3 Å². The molecule has 5 rings (SSSR count). The van der Waals surface area contributed by atoms with E-state index in [1.807, 2.05) is 4.90 Å². The molecule has 2 saturated heterocycles. The molecule has 2 aliphatic heterocycles. The summed E-state index contributed by atoms with van der Waals surface area (Å²) in [7, 11) is 1.33. The molecule has 1 aliphatic carbocycles. The number of carboxylic acid groups (broad SMARTS) is 1. The molecular weight excluding hydrogens is 465 g/mol. The van der Waals surface area contributed by atoms with E-state index in [4.69, 9.17) is 11.6 Å². The van der Waals surface area contributed by atoms with E-state index in [0.29, 0.717) is 18.6 Å². The zero-order chi connectivity index (χ0) is 24.1. The van der Waals surface area contributed by atoms with Gasteiger partial charge in [-0.2, -0.15) is 0 Å². The van der Waals surface area contributed by atoms with Crippen LogP contribution in [-0.2, 0) is 9.53 Å². The van der Waals surface area contributed by atoms with Crippen molar-refractivity contribution in [1.82, 2.24) is 9.47 Å². The van der Waals surface area contributed by atoms with E-state index in [9.17, 15) is 19.5 Å². The first kappa shape index (κ1) is 22.7. The van der Waals surface area contributed by atoms with E-state index in [1.165, 1.54) is 19.4 Å². The van der Waals surface area contributed by atoms with Crippen molar-refractivity contribution in [2.45, 2.75) is 37.8 Å². The fourth-order valence-corrected chi connectivity index (χ4v) is 5.73. The first-order chi connectivity index (χ1) is 16.3. The number of nitrogens with zero attached hydrogens (tertiary/aromatic N) is 3. The molecule has 1 aromatic carbocycles. The zero-order valence-corrected chi connectivity index (χ0v) is 19.4. The van der Waals surface area contributed by atoms with Crippen molar-refractivity contribution in [3.05, 3.63) is 51.2 Å². The maximum Gasteiger partial charge on any atom is 0.341 e. The van der Waals surface area contributed by atoms with E-state index in [1.54, 1.807) is 10.8 Å². The molecule has 10 heteroatoms. The number of likely N-dealkylation sites (tertiary alicyclic amines) is 1. The number of halogens is 2. The van der Waals surface area contributed by atoms with Gasteiger partial charge in [0.2, 0.25) is 5.43 Å². The van der Waals surface area contributed by atoms with Crippen LogP contribution in [0.3, 0.4) is 0 Å². The lowest BCUT2D eigenvalue weighted by Crippen LogP contribution is -2.41. The molecule has 0 spiro atoms. The van der Waals surface area contributed by atoms with Crippen molar-refractivity contribution < 1.29 is 23.8 Å². The molecule has 8 nitrogen and oxygen atoms in total. The highest BCUT2D eigenvalue weighted by molar-refractivity contribution is 6.38. The molecule has 2 aromatic rings. The number of rotatable bonds is 5. The summed E-state index contributed by atoms with van der Waals surface area (Å²) < 4.78 is 21.9. The number of carbonyl (C=O) groups is 2. The number of fused-ring (bicyclic) bond motifs is 2. The number of pyridine rings is 1. The summed E-state index contributed by atoms with van der Waals surface area (Å²) in [4.78, 5) is 40.0. The van der Waals surface area contributed by atoms with E-state index in [-0.39, 0.29) is 39.7 Å². The van der Waals surface area contributed by atoms with Gasteiger partial charge >= 0.3 is 11.9 Å². The summed E-state index contributed by atoms with van der Waals surface area (Å²) in [5, 5.41) is 9.58. The average Bonchev–Trinajstić information content (AvgIpc) is 3.56. The second-order valence-corrected chi connectivity index (χ2v) is 9.56. The predicted octanol–water partition coefficient (Wildman–Crippen LogP) is 3.41. The molecule has 1 saturated carbocycles. The second-order valence-electron chi connectivity index (χ2n) is 9.18. The van der Waals surface area contributed by atoms with Crippen molar-refractivity contribution in [2.75, 3.05) is 31.6 Å². The quantitative estimate of drug-likeness (QED) is 0.508. The number of esters is 1. The summed E-state index contributed by atoms with van der Waals surface area (Å²) in [6, 6.07) is 1.25. The van der Waals surface area contributed by atoms with Crippen LogP contribution in [0.5, 0.6) is 0 Å². The molecule has 0 bridgehead atoms. The molecule has 0 amide bonds. The molecule has 34 heavy (non-hydrogen) atoms. The highest BCUT2D eigenvalue weighted by Gasteiger charge is 2.40. The van der Waals surface area contributed by atoms with Crippen LogP contribution in [0, 0.1) is 11.7 Å². The van der Waals surface area contributed by atoms with Crippen LogP contribution in [0.4, 0.5) is 10.1 Å². The fourth-order valence-electron chi connectivity index (χ4n) is 5.32. The van der Waals surface area contributed by atoms with Crippen molar-refractivity contribution in [2.24, 2.45) is 5.92 Å². The topological polar surface area (TPSA) is 92.1 Å². The van der Waals surface area contributed by atoms with Gasteiger partial charge < -0.3 is 24.2 Å². The van der Waals surface area contributed by atoms with E-state index < -0.39 is 23.2 Å². The fraction of sp³-hybridized carbons (Fsp3) is 0.458. The molecule has 0 radical (unpaired) electrons. The molecule has 1 N–H and O–H groups in total. The molecule has 0 unspecified atom stereocenters. The van der Waals surface area contributed by atoms with E-state index in [2.05, 4.69) is 9.64 Å². The van der Waals surface area contributed by atoms with Crippen molar-refractivity contribution in [1.29, 1.82) is 0 Å². The summed E-state index contributed by atoms with van der Waals surface area (Å²) in [5.74, 6) is -2.15. The number of hydrogen-bond donors (Lipinski definition) is 1. The molecule has 3 fully saturated rings. The number of anilines is 1. The number of aromatic carboxylic acids is 1.